The van der Waals surface area contributed by atoms with Gasteiger partial charge in [0.15, 0.2) is 0 Å². The number of halogens is 2. The lowest BCUT2D eigenvalue weighted by molar-refractivity contribution is 0.188. The van der Waals surface area contributed by atoms with Crippen molar-refractivity contribution in [3.05, 3.63) is 35.4 Å². The molecule has 0 saturated heterocycles. The zero-order valence-electron chi connectivity index (χ0n) is 12.5. The van der Waals surface area contributed by atoms with E-state index in [1.165, 1.54) is 18.2 Å². The Balaban J connectivity index is 2.98. The summed E-state index contributed by atoms with van der Waals surface area (Å²) in [6, 6.07) is 3.62. The Bertz CT molecular complexity index is 368. The van der Waals surface area contributed by atoms with Crippen LogP contribution in [0.15, 0.2) is 18.2 Å². The molecular weight excluding hydrogens is 258 g/mol. The third kappa shape index (κ3) is 4.53. The van der Waals surface area contributed by atoms with Gasteiger partial charge < -0.3 is 5.73 Å². The highest BCUT2D eigenvalue weighted by Gasteiger charge is 2.24. The van der Waals surface area contributed by atoms with E-state index in [2.05, 4.69) is 18.7 Å². The number of rotatable bonds is 9. The van der Waals surface area contributed by atoms with Gasteiger partial charge >= 0.3 is 0 Å². The molecule has 0 radical (unpaired) electrons. The summed E-state index contributed by atoms with van der Waals surface area (Å²) in [6.45, 7) is 6.10. The summed E-state index contributed by atoms with van der Waals surface area (Å²) >= 11 is 0. The van der Waals surface area contributed by atoms with E-state index in [9.17, 15) is 8.78 Å². The fourth-order valence-electron chi connectivity index (χ4n) is 2.42. The number of hydrogen-bond acceptors (Lipinski definition) is 2. The quantitative estimate of drug-likeness (QED) is 0.746. The second kappa shape index (κ2) is 9.03. The molecule has 1 atom stereocenters. The number of unbranched alkanes of at least 4 members (excludes halogenated alkanes) is 2. The van der Waals surface area contributed by atoms with Crippen molar-refractivity contribution in [3.63, 3.8) is 0 Å². The first-order valence-corrected chi connectivity index (χ1v) is 7.53. The maximum atomic E-state index is 14.0. The van der Waals surface area contributed by atoms with Crippen LogP contribution in [0, 0.1) is 11.6 Å². The van der Waals surface area contributed by atoms with E-state index >= 15 is 0 Å². The molecule has 0 aliphatic rings. The monoisotopic (exact) mass is 284 g/mol. The lowest BCUT2D eigenvalue weighted by Gasteiger charge is -2.31. The van der Waals surface area contributed by atoms with Crippen molar-refractivity contribution < 1.29 is 8.78 Å². The molecule has 0 amide bonds. The molecule has 1 aromatic carbocycles. The van der Waals surface area contributed by atoms with Crippen molar-refractivity contribution in [1.29, 1.82) is 0 Å². The third-order valence-electron chi connectivity index (χ3n) is 3.59. The Kier molecular flexibility index (Phi) is 7.70. The fraction of sp³-hybridized carbons (Fsp3) is 0.625. The van der Waals surface area contributed by atoms with Gasteiger partial charge in [-0.15, -0.1) is 0 Å². The zero-order valence-corrected chi connectivity index (χ0v) is 12.5. The Morgan fingerprint density at radius 2 is 1.55 bits per heavy atom. The van der Waals surface area contributed by atoms with Crippen LogP contribution in [0.4, 0.5) is 8.78 Å². The molecule has 0 bridgehead atoms. The van der Waals surface area contributed by atoms with E-state index in [-0.39, 0.29) is 18.2 Å². The average Bonchev–Trinajstić information content (AvgIpc) is 2.44. The van der Waals surface area contributed by atoms with Crippen LogP contribution in [0.3, 0.4) is 0 Å². The van der Waals surface area contributed by atoms with Gasteiger partial charge in [0.1, 0.15) is 11.6 Å². The molecule has 0 saturated carbocycles. The van der Waals surface area contributed by atoms with Crippen LogP contribution < -0.4 is 5.73 Å². The maximum Gasteiger partial charge on any atom is 0.130 e. The minimum atomic E-state index is -0.501. The Hall–Kier alpha value is -1.00. The molecule has 114 valence electrons. The molecule has 0 aliphatic heterocycles. The second-order valence-corrected chi connectivity index (χ2v) is 5.13. The first-order chi connectivity index (χ1) is 9.65. The van der Waals surface area contributed by atoms with Gasteiger partial charge in [-0.25, -0.2) is 8.78 Å². The standard InChI is InChI=1S/C16H26F2N2/c1-3-5-10-20(11-6-4-2)15(12-19)16-13(17)8-7-9-14(16)18/h7-9,15H,3-6,10-12,19H2,1-2H3. The van der Waals surface area contributed by atoms with Gasteiger partial charge in [0.2, 0.25) is 0 Å². The molecule has 20 heavy (non-hydrogen) atoms. The predicted molar refractivity (Wildman–Crippen MR) is 79.5 cm³/mol. The molecule has 2 nitrogen and oxygen atoms in total. The fourth-order valence-corrected chi connectivity index (χ4v) is 2.42. The summed E-state index contributed by atoms with van der Waals surface area (Å²) in [5, 5.41) is 0. The van der Waals surface area contributed by atoms with E-state index < -0.39 is 11.6 Å². The summed E-state index contributed by atoms with van der Waals surface area (Å²) in [6.07, 6.45) is 4.13. The first kappa shape index (κ1) is 17.1. The molecule has 0 fully saturated rings. The van der Waals surface area contributed by atoms with Crippen LogP contribution in [0.5, 0.6) is 0 Å². The van der Waals surface area contributed by atoms with Crippen LogP contribution >= 0.6 is 0 Å². The molecule has 0 aromatic heterocycles. The highest BCUT2D eigenvalue weighted by molar-refractivity contribution is 5.23. The van der Waals surface area contributed by atoms with Crippen molar-refractivity contribution in [3.8, 4) is 0 Å². The molecule has 2 N–H and O–H groups in total. The van der Waals surface area contributed by atoms with Crippen molar-refractivity contribution in [2.24, 2.45) is 5.73 Å². The van der Waals surface area contributed by atoms with E-state index in [1.807, 2.05) is 0 Å². The highest BCUT2D eigenvalue weighted by Crippen LogP contribution is 2.26. The van der Waals surface area contributed by atoms with Crippen molar-refractivity contribution in [2.75, 3.05) is 19.6 Å². The summed E-state index contributed by atoms with van der Waals surface area (Å²) in [7, 11) is 0. The zero-order chi connectivity index (χ0) is 15.0. The second-order valence-electron chi connectivity index (χ2n) is 5.13. The Labute approximate surface area is 121 Å². The molecule has 0 aliphatic carbocycles. The average molecular weight is 284 g/mol. The third-order valence-corrected chi connectivity index (χ3v) is 3.59. The number of nitrogens with zero attached hydrogens (tertiary/aromatic N) is 1. The van der Waals surface area contributed by atoms with Gasteiger partial charge in [0.05, 0.1) is 6.04 Å². The smallest absolute Gasteiger partial charge is 0.130 e. The van der Waals surface area contributed by atoms with Gasteiger partial charge in [-0.1, -0.05) is 32.8 Å². The summed E-state index contributed by atoms with van der Waals surface area (Å²) < 4.78 is 27.9. The van der Waals surface area contributed by atoms with E-state index in [0.29, 0.717) is 0 Å². The summed E-state index contributed by atoms with van der Waals surface area (Å²) in [5.74, 6) is -1.00. The molecule has 1 aromatic rings. The molecule has 0 heterocycles. The van der Waals surface area contributed by atoms with Crippen LogP contribution in [-0.2, 0) is 0 Å². The SMILES string of the molecule is CCCCN(CCCC)C(CN)c1c(F)cccc1F. The molecule has 4 heteroatoms. The minimum Gasteiger partial charge on any atom is -0.329 e. The molecule has 1 rings (SSSR count). The first-order valence-electron chi connectivity index (χ1n) is 7.53. The lowest BCUT2D eigenvalue weighted by Crippen LogP contribution is -2.36. The van der Waals surface area contributed by atoms with Gasteiger partial charge in [0, 0.05) is 12.1 Å². The number of hydrogen-bond donors (Lipinski definition) is 1. The normalized spacial score (nSPS) is 12.9. The van der Waals surface area contributed by atoms with Gasteiger partial charge in [-0.05, 0) is 38.1 Å². The maximum absolute atomic E-state index is 14.0. The number of benzene rings is 1. The van der Waals surface area contributed by atoms with Crippen LogP contribution in [0.2, 0.25) is 0 Å². The largest absolute Gasteiger partial charge is 0.329 e. The van der Waals surface area contributed by atoms with Gasteiger partial charge in [0.25, 0.3) is 0 Å². The molecule has 0 spiro atoms. The number of nitrogens with two attached hydrogens (primary N) is 1. The lowest BCUT2D eigenvalue weighted by atomic mass is 10.0. The molecular formula is C16H26F2N2. The van der Waals surface area contributed by atoms with Gasteiger partial charge in [-0.3, -0.25) is 4.90 Å². The highest BCUT2D eigenvalue weighted by atomic mass is 19.1. The Morgan fingerprint density at radius 3 is 1.95 bits per heavy atom. The van der Waals surface area contributed by atoms with Crippen molar-refractivity contribution in [1.82, 2.24) is 4.90 Å². The minimum absolute atomic E-state index is 0.113. The summed E-state index contributed by atoms with van der Waals surface area (Å²) in [4.78, 5) is 2.12. The van der Waals surface area contributed by atoms with Crippen LogP contribution in [-0.4, -0.2) is 24.5 Å². The van der Waals surface area contributed by atoms with E-state index in [4.69, 9.17) is 5.73 Å². The van der Waals surface area contributed by atoms with Crippen molar-refractivity contribution in [2.45, 2.75) is 45.6 Å². The Morgan fingerprint density at radius 1 is 1.05 bits per heavy atom. The van der Waals surface area contributed by atoms with Gasteiger partial charge in [-0.2, -0.15) is 0 Å². The van der Waals surface area contributed by atoms with Crippen molar-refractivity contribution >= 4 is 0 Å². The predicted octanol–water partition coefficient (Wildman–Crippen LogP) is 3.87. The van der Waals surface area contributed by atoms with Crippen LogP contribution in [0.1, 0.15) is 51.1 Å². The van der Waals surface area contributed by atoms with Crippen LogP contribution in [0.25, 0.3) is 0 Å². The molecule has 1 unspecified atom stereocenters. The summed E-state index contributed by atoms with van der Waals surface area (Å²) in [5.41, 5.74) is 5.93. The topological polar surface area (TPSA) is 29.3 Å². The van der Waals surface area contributed by atoms with E-state index in [1.54, 1.807) is 0 Å². The van der Waals surface area contributed by atoms with E-state index in [0.717, 1.165) is 38.8 Å².